The number of methoxy groups -OCH3 is 1. The molecule has 1 aromatic heterocycles. The van der Waals surface area contributed by atoms with Crippen LogP contribution in [-0.4, -0.2) is 19.7 Å². The van der Waals surface area contributed by atoms with Gasteiger partial charge in [0.05, 0.1) is 19.6 Å². The van der Waals surface area contributed by atoms with Gasteiger partial charge in [0.25, 0.3) is 0 Å². The third-order valence-electron chi connectivity index (χ3n) is 2.18. The maximum Gasteiger partial charge on any atom is 0.227 e. The van der Waals surface area contributed by atoms with Crippen molar-refractivity contribution in [1.82, 2.24) is 5.43 Å². The molecule has 1 heterocycles. The molecule has 0 bridgehead atoms. The van der Waals surface area contributed by atoms with E-state index in [1.165, 1.54) is 18.0 Å². The molecule has 0 radical (unpaired) electrons. The minimum absolute atomic E-state index is 0.486. The first-order valence-electron chi connectivity index (χ1n) is 5.63. The van der Waals surface area contributed by atoms with Gasteiger partial charge in [-0.1, -0.05) is 18.2 Å². The number of para-hydroxylation sites is 1. The van der Waals surface area contributed by atoms with Crippen LogP contribution < -0.4 is 10.2 Å². The molecule has 2 rings (SSSR count). The van der Waals surface area contributed by atoms with E-state index in [1.807, 2.05) is 31.2 Å². The van der Waals surface area contributed by atoms with Crippen LogP contribution >= 0.6 is 0 Å². The van der Waals surface area contributed by atoms with E-state index in [9.17, 15) is 4.79 Å². The second-order valence-corrected chi connectivity index (χ2v) is 3.49. The van der Waals surface area contributed by atoms with E-state index in [4.69, 9.17) is 9.15 Å². The summed E-state index contributed by atoms with van der Waals surface area (Å²) in [6.07, 6.45) is 3.43. The van der Waals surface area contributed by atoms with E-state index in [0.29, 0.717) is 12.2 Å². The molecule has 0 aliphatic carbocycles. The van der Waals surface area contributed by atoms with Crippen molar-refractivity contribution in [2.75, 3.05) is 7.11 Å². The van der Waals surface area contributed by atoms with Crippen LogP contribution in [0, 0.1) is 6.92 Å². The fourth-order valence-electron chi connectivity index (χ4n) is 1.28. The maximum atomic E-state index is 9.68. The summed E-state index contributed by atoms with van der Waals surface area (Å²) < 4.78 is 9.92. The van der Waals surface area contributed by atoms with E-state index < -0.39 is 0 Å². The number of amides is 1. The Morgan fingerprint density at radius 2 is 2.05 bits per heavy atom. The first kappa shape index (κ1) is 14.5. The molecular formula is C14H16N2O3. The quantitative estimate of drug-likeness (QED) is 0.521. The highest BCUT2D eigenvalue weighted by Crippen LogP contribution is 2.14. The van der Waals surface area contributed by atoms with Crippen molar-refractivity contribution >= 4 is 12.6 Å². The van der Waals surface area contributed by atoms with Crippen LogP contribution in [0.5, 0.6) is 5.75 Å². The molecule has 5 nitrogen and oxygen atoms in total. The number of nitrogens with zero attached hydrogens (tertiary/aromatic N) is 1. The smallest absolute Gasteiger partial charge is 0.227 e. The molecule has 0 spiro atoms. The van der Waals surface area contributed by atoms with Crippen molar-refractivity contribution in [2.24, 2.45) is 5.10 Å². The summed E-state index contributed by atoms with van der Waals surface area (Å²) in [5.41, 5.74) is 3.30. The Labute approximate surface area is 111 Å². The van der Waals surface area contributed by atoms with E-state index in [2.05, 4.69) is 10.5 Å². The molecular weight excluding hydrogens is 244 g/mol. The Kier molecular flexibility index (Phi) is 6.50. The number of rotatable bonds is 4. The Balaban J connectivity index is 0.000000191. The van der Waals surface area contributed by atoms with Gasteiger partial charge in [-0.05, 0) is 30.7 Å². The van der Waals surface area contributed by atoms with Gasteiger partial charge in [0.2, 0.25) is 6.41 Å². The zero-order chi connectivity index (χ0) is 13.9. The SMILES string of the molecule is COc1ccccc1C.O=CN/N=C/c1ccco1. The van der Waals surface area contributed by atoms with Gasteiger partial charge in [-0.25, -0.2) is 5.43 Å². The monoisotopic (exact) mass is 260 g/mol. The molecule has 0 saturated heterocycles. The summed E-state index contributed by atoms with van der Waals surface area (Å²) in [4.78, 5) is 9.68. The number of hydrogen-bond donors (Lipinski definition) is 1. The normalized spacial score (nSPS) is 9.58. The van der Waals surface area contributed by atoms with E-state index in [0.717, 1.165) is 5.75 Å². The van der Waals surface area contributed by atoms with Crippen LogP contribution in [-0.2, 0) is 4.79 Å². The van der Waals surface area contributed by atoms with Gasteiger partial charge in [0.15, 0.2) is 0 Å². The lowest BCUT2D eigenvalue weighted by molar-refractivity contribution is -0.109. The van der Waals surface area contributed by atoms with Crippen LogP contribution in [0.4, 0.5) is 0 Å². The lowest BCUT2D eigenvalue weighted by atomic mass is 10.2. The molecule has 5 heteroatoms. The number of ether oxygens (including phenoxy) is 1. The van der Waals surface area contributed by atoms with Gasteiger partial charge in [0, 0.05) is 0 Å². The molecule has 0 atom stereocenters. The molecule has 2 aromatic rings. The van der Waals surface area contributed by atoms with E-state index in [1.54, 1.807) is 19.2 Å². The fraction of sp³-hybridized carbons (Fsp3) is 0.143. The molecule has 0 aliphatic heterocycles. The number of carbonyl (C=O) groups is 1. The number of hydrogen-bond acceptors (Lipinski definition) is 4. The van der Waals surface area contributed by atoms with Crippen LogP contribution in [0.3, 0.4) is 0 Å². The van der Waals surface area contributed by atoms with Gasteiger partial charge >= 0.3 is 0 Å². The number of furan rings is 1. The van der Waals surface area contributed by atoms with Crippen molar-refractivity contribution in [3.05, 3.63) is 54.0 Å². The Bertz CT molecular complexity index is 507. The summed E-state index contributed by atoms with van der Waals surface area (Å²) >= 11 is 0. The fourth-order valence-corrected chi connectivity index (χ4v) is 1.28. The molecule has 0 fully saturated rings. The number of nitrogens with one attached hydrogen (secondary N) is 1. The lowest BCUT2D eigenvalue weighted by Gasteiger charge is -2.00. The summed E-state index contributed by atoms with van der Waals surface area (Å²) in [5.74, 6) is 1.56. The molecule has 0 aliphatic rings. The van der Waals surface area contributed by atoms with Crippen molar-refractivity contribution in [3.63, 3.8) is 0 Å². The highest BCUT2D eigenvalue weighted by molar-refractivity contribution is 5.76. The Morgan fingerprint density at radius 1 is 1.26 bits per heavy atom. The Morgan fingerprint density at radius 3 is 2.58 bits per heavy atom. The largest absolute Gasteiger partial charge is 0.496 e. The van der Waals surface area contributed by atoms with Crippen molar-refractivity contribution < 1.29 is 13.9 Å². The average Bonchev–Trinajstić information content (AvgIpc) is 2.94. The third kappa shape index (κ3) is 5.54. The Hall–Kier alpha value is -2.56. The van der Waals surface area contributed by atoms with Crippen molar-refractivity contribution in [1.29, 1.82) is 0 Å². The molecule has 1 amide bonds. The highest BCUT2D eigenvalue weighted by Gasteiger charge is 1.90. The average molecular weight is 260 g/mol. The maximum absolute atomic E-state index is 9.68. The molecule has 0 unspecified atom stereocenters. The first-order chi connectivity index (χ1) is 9.27. The van der Waals surface area contributed by atoms with Crippen LogP contribution in [0.2, 0.25) is 0 Å². The van der Waals surface area contributed by atoms with Crippen LogP contribution in [0.25, 0.3) is 0 Å². The van der Waals surface area contributed by atoms with Gasteiger partial charge in [0.1, 0.15) is 11.5 Å². The van der Waals surface area contributed by atoms with Crippen molar-refractivity contribution in [2.45, 2.75) is 6.92 Å². The zero-order valence-electron chi connectivity index (χ0n) is 10.9. The lowest BCUT2D eigenvalue weighted by Crippen LogP contribution is -1.99. The zero-order valence-corrected chi connectivity index (χ0v) is 10.9. The van der Waals surface area contributed by atoms with Gasteiger partial charge in [-0.3, -0.25) is 4.79 Å². The van der Waals surface area contributed by atoms with Crippen LogP contribution in [0.15, 0.2) is 52.2 Å². The minimum atomic E-state index is 0.486. The minimum Gasteiger partial charge on any atom is -0.496 e. The van der Waals surface area contributed by atoms with Gasteiger partial charge < -0.3 is 9.15 Å². The number of aryl methyl sites for hydroxylation is 1. The van der Waals surface area contributed by atoms with E-state index >= 15 is 0 Å². The number of carbonyl (C=O) groups excluding carboxylic acids is 1. The molecule has 1 N–H and O–H groups in total. The van der Waals surface area contributed by atoms with E-state index in [-0.39, 0.29) is 0 Å². The summed E-state index contributed by atoms with van der Waals surface area (Å²) in [7, 11) is 1.68. The van der Waals surface area contributed by atoms with Crippen molar-refractivity contribution in [3.8, 4) is 5.75 Å². The highest BCUT2D eigenvalue weighted by atomic mass is 16.5. The van der Waals surface area contributed by atoms with Gasteiger partial charge in [-0.2, -0.15) is 5.10 Å². The summed E-state index contributed by atoms with van der Waals surface area (Å²) in [6, 6.07) is 11.4. The predicted octanol–water partition coefficient (Wildman–Crippen LogP) is 2.36. The second kappa shape index (κ2) is 8.52. The molecule has 19 heavy (non-hydrogen) atoms. The first-order valence-corrected chi connectivity index (χ1v) is 5.63. The number of hydrazone groups is 1. The van der Waals surface area contributed by atoms with Crippen LogP contribution in [0.1, 0.15) is 11.3 Å². The summed E-state index contributed by atoms with van der Waals surface area (Å²) in [5, 5.41) is 3.50. The molecule has 1 aromatic carbocycles. The summed E-state index contributed by atoms with van der Waals surface area (Å²) in [6.45, 7) is 2.03. The van der Waals surface area contributed by atoms with Gasteiger partial charge in [-0.15, -0.1) is 0 Å². The molecule has 0 saturated carbocycles. The predicted molar refractivity (Wildman–Crippen MR) is 73.2 cm³/mol. The third-order valence-corrected chi connectivity index (χ3v) is 2.18. The second-order valence-electron chi connectivity index (χ2n) is 3.49. The standard InChI is InChI=1S/C8H10O.C6H6N2O2/c1-7-5-3-4-6-8(7)9-2;9-5-8-7-4-6-2-1-3-10-6/h3-6H,1-2H3;1-5H,(H,8,9)/b;7-4+. The number of benzene rings is 1. The molecule has 100 valence electrons. The topological polar surface area (TPSA) is 63.8 Å².